The van der Waals surface area contributed by atoms with E-state index in [1.807, 2.05) is 25.1 Å². The summed E-state index contributed by atoms with van der Waals surface area (Å²) in [4.78, 5) is 11.5. The average molecular weight is 325 g/mol. The number of aromatic nitrogens is 1. The van der Waals surface area contributed by atoms with E-state index in [2.05, 4.69) is 48.7 Å². The van der Waals surface area contributed by atoms with Crippen molar-refractivity contribution in [3.8, 4) is 0 Å². The van der Waals surface area contributed by atoms with Crippen molar-refractivity contribution in [1.82, 2.24) is 15.6 Å². The highest BCUT2D eigenvalue weighted by atomic mass is 15.2. The zero-order valence-corrected chi connectivity index (χ0v) is 15.0. The number of hydrogen-bond acceptors (Lipinski definition) is 3. The van der Waals surface area contributed by atoms with E-state index >= 15 is 0 Å². The maximum absolute atomic E-state index is 4.80. The molecule has 1 aliphatic carbocycles. The normalized spacial score (nSPS) is 20.1. The molecule has 1 heterocycles. The van der Waals surface area contributed by atoms with E-state index in [0.29, 0.717) is 12.6 Å². The molecule has 2 aromatic rings. The van der Waals surface area contributed by atoms with Crippen LogP contribution in [0.25, 0.3) is 10.9 Å². The van der Waals surface area contributed by atoms with Gasteiger partial charge in [-0.05, 0) is 37.0 Å². The molecule has 0 amide bonds. The third-order valence-corrected chi connectivity index (χ3v) is 4.43. The molecule has 0 bridgehead atoms. The third-order valence-electron chi connectivity index (χ3n) is 4.43. The summed E-state index contributed by atoms with van der Waals surface area (Å²) in [7, 11) is 4.04. The van der Waals surface area contributed by atoms with E-state index in [9.17, 15) is 0 Å². The molecule has 24 heavy (non-hydrogen) atoms. The molecule has 2 N–H and O–H groups in total. The first-order valence-corrected chi connectivity index (χ1v) is 8.69. The Hall–Kier alpha value is -2.30. The third kappa shape index (κ3) is 3.78. The number of para-hydroxylation sites is 1. The molecule has 1 aromatic heterocycles. The summed E-state index contributed by atoms with van der Waals surface area (Å²) in [5.74, 6) is 2.61. The number of hydrogen-bond donors (Lipinski definition) is 2. The number of guanidine groups is 1. The zero-order chi connectivity index (χ0) is 17.1. The van der Waals surface area contributed by atoms with Crippen molar-refractivity contribution in [3.05, 3.63) is 35.9 Å². The maximum Gasteiger partial charge on any atom is 0.191 e. The Bertz CT molecular complexity index is 738. The molecule has 0 aliphatic heterocycles. The Balaban J connectivity index is 1.88. The number of nitrogens with zero attached hydrogens (tertiary/aromatic N) is 3. The Labute approximate surface area is 144 Å². The minimum atomic E-state index is 0.564. The van der Waals surface area contributed by atoms with Gasteiger partial charge in [-0.2, -0.15) is 0 Å². The van der Waals surface area contributed by atoms with Crippen molar-refractivity contribution in [2.75, 3.05) is 25.5 Å². The van der Waals surface area contributed by atoms with E-state index in [4.69, 9.17) is 9.98 Å². The lowest BCUT2D eigenvalue weighted by atomic mass is 10.1. The number of fused-ring (bicyclic) bond motifs is 1. The van der Waals surface area contributed by atoms with Gasteiger partial charge < -0.3 is 15.5 Å². The lowest BCUT2D eigenvalue weighted by Gasteiger charge is -2.15. The summed E-state index contributed by atoms with van der Waals surface area (Å²) in [6.45, 7) is 5.87. The summed E-state index contributed by atoms with van der Waals surface area (Å²) in [5, 5.41) is 8.02. The molecule has 1 saturated carbocycles. The van der Waals surface area contributed by atoms with Gasteiger partial charge in [0.2, 0.25) is 0 Å². The lowest BCUT2D eigenvalue weighted by Crippen LogP contribution is -2.39. The Morgan fingerprint density at radius 3 is 2.75 bits per heavy atom. The highest BCUT2D eigenvalue weighted by Gasteiger charge is 2.33. The topological polar surface area (TPSA) is 52.6 Å². The number of rotatable bonds is 5. The van der Waals surface area contributed by atoms with Gasteiger partial charge in [0, 0.05) is 32.1 Å². The average Bonchev–Trinajstić information content (AvgIpc) is 3.27. The monoisotopic (exact) mass is 325 g/mol. The summed E-state index contributed by atoms with van der Waals surface area (Å²) in [5.41, 5.74) is 2.22. The van der Waals surface area contributed by atoms with Gasteiger partial charge in [0.25, 0.3) is 0 Å². The summed E-state index contributed by atoms with van der Waals surface area (Å²) < 4.78 is 0. The zero-order valence-electron chi connectivity index (χ0n) is 15.0. The molecule has 0 spiro atoms. The number of aliphatic imine (C=N–C) groups is 1. The van der Waals surface area contributed by atoms with E-state index in [-0.39, 0.29) is 0 Å². The Morgan fingerprint density at radius 1 is 1.33 bits per heavy atom. The molecule has 0 saturated heterocycles. The molecule has 2 unspecified atom stereocenters. The lowest BCUT2D eigenvalue weighted by molar-refractivity contribution is 0.767. The van der Waals surface area contributed by atoms with Crippen molar-refractivity contribution in [2.24, 2.45) is 10.9 Å². The summed E-state index contributed by atoms with van der Waals surface area (Å²) >= 11 is 0. The van der Waals surface area contributed by atoms with Crippen LogP contribution in [0.3, 0.4) is 0 Å². The van der Waals surface area contributed by atoms with Gasteiger partial charge in [0.05, 0.1) is 12.1 Å². The van der Waals surface area contributed by atoms with Crippen LogP contribution in [-0.2, 0) is 6.54 Å². The summed E-state index contributed by atoms with van der Waals surface area (Å²) in [6.07, 6.45) is 1.23. The Morgan fingerprint density at radius 2 is 2.08 bits per heavy atom. The van der Waals surface area contributed by atoms with Crippen molar-refractivity contribution in [3.63, 3.8) is 0 Å². The molecular weight excluding hydrogens is 298 g/mol. The second kappa shape index (κ2) is 7.07. The van der Waals surface area contributed by atoms with Crippen LogP contribution in [-0.4, -0.2) is 37.6 Å². The minimum Gasteiger partial charge on any atom is -0.363 e. The van der Waals surface area contributed by atoms with Crippen LogP contribution in [0.2, 0.25) is 0 Å². The van der Waals surface area contributed by atoms with Gasteiger partial charge in [0.15, 0.2) is 5.96 Å². The van der Waals surface area contributed by atoms with Crippen molar-refractivity contribution < 1.29 is 0 Å². The van der Waals surface area contributed by atoms with Crippen LogP contribution < -0.4 is 15.5 Å². The molecular formula is C19H27N5. The second-order valence-electron chi connectivity index (χ2n) is 6.71. The van der Waals surface area contributed by atoms with E-state index in [1.54, 1.807) is 0 Å². The van der Waals surface area contributed by atoms with Crippen molar-refractivity contribution in [1.29, 1.82) is 0 Å². The molecule has 5 heteroatoms. The van der Waals surface area contributed by atoms with Crippen LogP contribution in [0.15, 0.2) is 35.3 Å². The highest BCUT2D eigenvalue weighted by Crippen LogP contribution is 2.29. The van der Waals surface area contributed by atoms with Crippen molar-refractivity contribution >= 4 is 22.7 Å². The number of nitrogens with one attached hydrogen (secondary N) is 2. The van der Waals surface area contributed by atoms with Crippen LogP contribution >= 0.6 is 0 Å². The minimum absolute atomic E-state index is 0.564. The fraction of sp³-hybridized carbons (Fsp3) is 0.474. The predicted molar refractivity (Wildman–Crippen MR) is 102 cm³/mol. The maximum atomic E-state index is 4.80. The number of anilines is 1. The number of benzene rings is 1. The fourth-order valence-electron chi connectivity index (χ4n) is 2.77. The van der Waals surface area contributed by atoms with Gasteiger partial charge >= 0.3 is 0 Å². The summed E-state index contributed by atoms with van der Waals surface area (Å²) in [6, 6.07) is 11.0. The fourth-order valence-corrected chi connectivity index (χ4v) is 2.77. The molecule has 5 nitrogen and oxygen atoms in total. The van der Waals surface area contributed by atoms with Gasteiger partial charge in [-0.15, -0.1) is 0 Å². The molecule has 0 radical (unpaired) electrons. The van der Waals surface area contributed by atoms with Gasteiger partial charge in [-0.3, -0.25) is 0 Å². The van der Waals surface area contributed by atoms with Gasteiger partial charge in [0.1, 0.15) is 5.82 Å². The number of pyridine rings is 1. The molecule has 3 rings (SSSR count). The van der Waals surface area contributed by atoms with Gasteiger partial charge in [-0.1, -0.05) is 25.1 Å². The Kier molecular flexibility index (Phi) is 4.88. The molecule has 1 aliphatic rings. The van der Waals surface area contributed by atoms with Crippen LogP contribution in [0.1, 0.15) is 25.8 Å². The molecule has 128 valence electrons. The first-order chi connectivity index (χ1) is 11.6. The predicted octanol–water partition coefficient (Wildman–Crippen LogP) is 2.76. The van der Waals surface area contributed by atoms with Crippen molar-refractivity contribution in [2.45, 2.75) is 32.9 Å². The van der Waals surface area contributed by atoms with E-state index in [0.717, 1.165) is 29.8 Å². The van der Waals surface area contributed by atoms with Crippen LogP contribution in [0, 0.1) is 5.92 Å². The largest absolute Gasteiger partial charge is 0.363 e. The molecule has 2 atom stereocenters. The van der Waals surface area contributed by atoms with Crippen LogP contribution in [0.5, 0.6) is 0 Å². The van der Waals surface area contributed by atoms with Crippen LogP contribution in [0.4, 0.5) is 5.82 Å². The molecule has 1 fully saturated rings. The quantitative estimate of drug-likeness (QED) is 0.656. The SMILES string of the molecule is CCNC(=NCc1cc(N(C)C)nc2ccccc12)NC1CC1C. The smallest absolute Gasteiger partial charge is 0.191 e. The highest BCUT2D eigenvalue weighted by molar-refractivity contribution is 5.85. The second-order valence-corrected chi connectivity index (χ2v) is 6.71. The first-order valence-electron chi connectivity index (χ1n) is 8.69. The van der Waals surface area contributed by atoms with Gasteiger partial charge in [-0.25, -0.2) is 9.98 Å². The van der Waals surface area contributed by atoms with E-state index in [1.165, 1.54) is 17.4 Å². The standard InChI is InChI=1S/C19H27N5/c1-5-20-19(23-17-10-13(17)2)21-12-14-11-18(24(3)4)22-16-9-7-6-8-15(14)16/h6-9,11,13,17H,5,10,12H2,1-4H3,(H2,20,21,23). The first kappa shape index (κ1) is 16.6. The molecule has 1 aromatic carbocycles. The van der Waals surface area contributed by atoms with E-state index < -0.39 is 0 Å².